The molecule has 0 bridgehead atoms. The summed E-state index contributed by atoms with van der Waals surface area (Å²) in [5.41, 5.74) is 10.7. The van der Waals surface area contributed by atoms with Crippen molar-refractivity contribution in [1.29, 1.82) is 0 Å². The molecule has 8 rings (SSSR count). The molecule has 0 unspecified atom stereocenters. The Bertz CT molecular complexity index is 2410. The molecular formula is C48H42BN5O2. The monoisotopic (exact) mass is 731 g/mol. The lowest BCUT2D eigenvalue weighted by Crippen LogP contribution is -2.49. The van der Waals surface area contributed by atoms with Crippen molar-refractivity contribution in [2.45, 2.75) is 13.8 Å². The Kier molecular flexibility index (Phi) is 10.4. The van der Waals surface area contributed by atoms with E-state index in [9.17, 15) is 9.90 Å². The van der Waals surface area contributed by atoms with Crippen LogP contribution in [0.15, 0.2) is 191 Å². The zero-order valence-corrected chi connectivity index (χ0v) is 31.5. The third-order valence-corrected chi connectivity index (χ3v) is 10.3. The second-order valence-corrected chi connectivity index (χ2v) is 13.6. The molecule has 0 saturated heterocycles. The summed E-state index contributed by atoms with van der Waals surface area (Å²) in [6.45, 7) is 5.88. The number of aliphatic carboxylic acids is 1. The summed E-state index contributed by atoms with van der Waals surface area (Å²) in [5.74, 6) is -0.245. The molecule has 0 atom stereocenters. The van der Waals surface area contributed by atoms with Crippen molar-refractivity contribution in [2.24, 2.45) is 9.98 Å². The number of fused-ring (bicyclic) bond motifs is 3. The van der Waals surface area contributed by atoms with Gasteiger partial charge in [0.15, 0.2) is 0 Å². The molecular weight excluding hydrogens is 689 g/mol. The average molecular weight is 732 g/mol. The van der Waals surface area contributed by atoms with Crippen molar-refractivity contribution >= 4 is 63.9 Å². The van der Waals surface area contributed by atoms with Gasteiger partial charge in [0, 0.05) is 36.2 Å². The molecule has 6 aromatic carbocycles. The molecule has 0 radical (unpaired) electrons. The van der Waals surface area contributed by atoms with E-state index in [4.69, 9.17) is 9.98 Å². The van der Waals surface area contributed by atoms with E-state index >= 15 is 0 Å². The number of benzene rings is 6. The second kappa shape index (κ2) is 16.2. The maximum Gasteiger partial charge on any atom is 0.354 e. The summed E-state index contributed by atoms with van der Waals surface area (Å²) in [6, 6.07) is 53.3. The van der Waals surface area contributed by atoms with Gasteiger partial charge in [0.2, 0.25) is 0 Å². The molecule has 2 aliphatic heterocycles. The highest BCUT2D eigenvalue weighted by Crippen LogP contribution is 2.57. The first kappa shape index (κ1) is 36.1. The van der Waals surface area contributed by atoms with E-state index in [1.54, 1.807) is 6.08 Å². The Hall–Kier alpha value is -6.93. The summed E-state index contributed by atoms with van der Waals surface area (Å²) in [7, 11) is 0. The Morgan fingerprint density at radius 3 is 1.86 bits per heavy atom. The summed E-state index contributed by atoms with van der Waals surface area (Å²) >= 11 is 0. The quantitative estimate of drug-likeness (QED) is 0.0819. The Labute approximate surface area is 329 Å². The standard InChI is InChI=1S/C48H42BN5O2/c1-3-52-42-34-40(35-20-10-5-11-21-35)45-44(50-32-33-54(45)39-28-18-9-19-29-39)46(42)53(4-2)43(52)31-30-41(48(55)56)51-47(36-22-12-6-13-23-36)49(37-24-14-7-15-25-37)38-26-16-8-17-27-38/h5-32,34H,3-4,33H2,1-2H3,(H,55,56). The lowest BCUT2D eigenvalue weighted by molar-refractivity contribution is -0.132. The van der Waals surface area contributed by atoms with Crippen molar-refractivity contribution in [3.63, 3.8) is 0 Å². The molecule has 0 spiro atoms. The number of nitrogens with zero attached hydrogens (tertiary/aromatic N) is 5. The zero-order valence-electron chi connectivity index (χ0n) is 31.5. The number of para-hydroxylation sites is 1. The Morgan fingerprint density at radius 1 is 0.732 bits per heavy atom. The van der Waals surface area contributed by atoms with E-state index in [2.05, 4.69) is 107 Å². The van der Waals surface area contributed by atoms with Crippen LogP contribution in [-0.4, -0.2) is 49.2 Å². The van der Waals surface area contributed by atoms with E-state index in [-0.39, 0.29) is 12.4 Å². The topological polar surface area (TPSA) is 71.7 Å². The highest BCUT2D eigenvalue weighted by molar-refractivity contribution is 7.10. The summed E-state index contributed by atoms with van der Waals surface area (Å²) in [6.07, 6.45) is 5.53. The van der Waals surface area contributed by atoms with Crippen molar-refractivity contribution < 1.29 is 9.90 Å². The van der Waals surface area contributed by atoms with Crippen LogP contribution in [0, 0.1) is 0 Å². The molecule has 56 heavy (non-hydrogen) atoms. The number of allylic oxidation sites excluding steroid dienone is 2. The van der Waals surface area contributed by atoms with Crippen LogP contribution < -0.4 is 25.6 Å². The van der Waals surface area contributed by atoms with Gasteiger partial charge >= 0.3 is 5.97 Å². The van der Waals surface area contributed by atoms with E-state index < -0.39 is 5.97 Å². The number of carboxylic acid groups (broad SMARTS) is 1. The molecule has 2 aliphatic rings. The minimum atomic E-state index is -1.11. The van der Waals surface area contributed by atoms with Gasteiger partial charge in [0.1, 0.15) is 17.2 Å². The molecule has 2 heterocycles. The van der Waals surface area contributed by atoms with Crippen molar-refractivity contribution in [1.82, 2.24) is 0 Å². The fourth-order valence-electron chi connectivity index (χ4n) is 7.85. The first-order chi connectivity index (χ1) is 27.6. The number of aliphatic imine (C=N–C) groups is 2. The SMILES string of the molecule is CCN1C(=CC=C(N=C(B(c2ccccc2)c2ccccc2)c2ccccc2)C(=O)O)N(CC)c2c1cc(-c1ccccc1)c1c2N=CCN1c1ccccc1. The summed E-state index contributed by atoms with van der Waals surface area (Å²) < 4.78 is 0. The van der Waals surface area contributed by atoms with Gasteiger partial charge < -0.3 is 19.8 Å². The fraction of sp³-hybridized carbons (Fsp3) is 0.104. The molecule has 0 aromatic heterocycles. The lowest BCUT2D eigenvalue weighted by atomic mass is 9.36. The molecule has 0 saturated carbocycles. The van der Waals surface area contributed by atoms with Crippen LogP contribution in [-0.2, 0) is 4.79 Å². The molecule has 0 fully saturated rings. The smallest absolute Gasteiger partial charge is 0.354 e. The van der Waals surface area contributed by atoms with Gasteiger partial charge in [-0.3, -0.25) is 9.98 Å². The molecule has 1 N–H and O–H groups in total. The van der Waals surface area contributed by atoms with Gasteiger partial charge in [-0.2, -0.15) is 0 Å². The third-order valence-electron chi connectivity index (χ3n) is 10.3. The average Bonchev–Trinajstić information content (AvgIpc) is 3.58. The fourth-order valence-corrected chi connectivity index (χ4v) is 7.85. The number of anilines is 4. The second-order valence-electron chi connectivity index (χ2n) is 13.6. The van der Waals surface area contributed by atoms with Crippen molar-refractivity contribution in [3.8, 4) is 11.1 Å². The zero-order chi connectivity index (χ0) is 38.4. The molecule has 0 aliphatic carbocycles. The third kappa shape index (κ3) is 6.93. The molecule has 7 nitrogen and oxygen atoms in total. The molecule has 6 aromatic rings. The summed E-state index contributed by atoms with van der Waals surface area (Å²) in [5, 5.41) is 10.8. The van der Waals surface area contributed by atoms with Gasteiger partial charge in [-0.1, -0.05) is 150 Å². The van der Waals surface area contributed by atoms with Crippen LogP contribution in [0.4, 0.5) is 28.4 Å². The van der Waals surface area contributed by atoms with Crippen LogP contribution in [0.3, 0.4) is 0 Å². The number of carbonyl (C=O) groups is 1. The van der Waals surface area contributed by atoms with E-state index in [0.29, 0.717) is 25.2 Å². The largest absolute Gasteiger partial charge is 0.477 e. The van der Waals surface area contributed by atoms with Crippen molar-refractivity contribution in [2.75, 3.05) is 34.3 Å². The van der Waals surface area contributed by atoms with Gasteiger partial charge in [0.05, 0.1) is 23.6 Å². The van der Waals surface area contributed by atoms with Gasteiger partial charge in [-0.05, 0) is 55.3 Å². The minimum absolute atomic E-state index is 0.0587. The number of rotatable bonds is 11. The predicted octanol–water partition coefficient (Wildman–Crippen LogP) is 9.02. The minimum Gasteiger partial charge on any atom is -0.477 e. The first-order valence-electron chi connectivity index (χ1n) is 19.1. The highest BCUT2D eigenvalue weighted by atomic mass is 16.4. The van der Waals surface area contributed by atoms with Crippen molar-refractivity contribution in [3.05, 3.63) is 187 Å². The van der Waals surface area contributed by atoms with E-state index in [1.807, 2.05) is 91.2 Å². The van der Waals surface area contributed by atoms with Gasteiger partial charge in [0.25, 0.3) is 6.71 Å². The van der Waals surface area contributed by atoms with Gasteiger partial charge in [-0.25, -0.2) is 4.79 Å². The predicted molar refractivity (Wildman–Crippen MR) is 234 cm³/mol. The molecule has 274 valence electrons. The molecule has 8 heteroatoms. The Balaban J connectivity index is 1.30. The van der Waals surface area contributed by atoms with Crippen LogP contribution >= 0.6 is 0 Å². The lowest BCUT2D eigenvalue weighted by Gasteiger charge is -2.32. The normalized spacial score (nSPS) is 14.5. The number of hydrogen-bond acceptors (Lipinski definition) is 6. The highest BCUT2D eigenvalue weighted by Gasteiger charge is 2.37. The van der Waals surface area contributed by atoms with E-state index in [1.165, 1.54) is 0 Å². The maximum absolute atomic E-state index is 13.2. The van der Waals surface area contributed by atoms with Crippen LogP contribution in [0.5, 0.6) is 0 Å². The maximum atomic E-state index is 13.2. The van der Waals surface area contributed by atoms with Gasteiger partial charge in [-0.15, -0.1) is 0 Å². The van der Waals surface area contributed by atoms with Crippen LogP contribution in [0.1, 0.15) is 19.4 Å². The number of hydrogen-bond donors (Lipinski definition) is 1. The molecule has 0 amide bonds. The first-order valence-corrected chi connectivity index (χ1v) is 19.1. The van der Waals surface area contributed by atoms with Crippen LogP contribution in [0.25, 0.3) is 11.1 Å². The van der Waals surface area contributed by atoms with Crippen LogP contribution in [0.2, 0.25) is 0 Å². The summed E-state index contributed by atoms with van der Waals surface area (Å²) in [4.78, 5) is 30.2. The van der Waals surface area contributed by atoms with E-state index in [0.717, 1.165) is 61.9 Å². The number of carboxylic acids is 1. The Morgan fingerprint density at radius 2 is 1.29 bits per heavy atom.